The lowest BCUT2D eigenvalue weighted by Gasteiger charge is -2.28. The zero-order chi connectivity index (χ0) is 16.5. The summed E-state index contributed by atoms with van der Waals surface area (Å²) >= 11 is 0. The molecule has 24 heavy (non-hydrogen) atoms. The maximum Gasteiger partial charge on any atom is 0.254 e. The third-order valence-corrected chi connectivity index (χ3v) is 4.31. The Morgan fingerprint density at radius 3 is 2.71 bits per heavy atom. The average Bonchev–Trinajstić information content (AvgIpc) is 3.15. The number of H-pyrrole nitrogens is 2. The summed E-state index contributed by atoms with van der Waals surface area (Å²) in [5.41, 5.74) is 3.52. The van der Waals surface area contributed by atoms with Gasteiger partial charge in [-0.25, -0.2) is 4.98 Å². The first kappa shape index (κ1) is 14.4. The molecule has 0 fully saturated rings. The molecule has 0 bridgehead atoms. The van der Waals surface area contributed by atoms with E-state index in [1.54, 1.807) is 24.7 Å². The molecule has 4 rings (SSSR count). The zero-order valence-corrected chi connectivity index (χ0v) is 13.0. The van der Waals surface area contributed by atoms with Crippen LogP contribution in [0.3, 0.4) is 0 Å². The smallest absolute Gasteiger partial charge is 0.254 e. The number of fused-ring (bicyclic) bond motifs is 1. The second kappa shape index (κ2) is 5.81. The van der Waals surface area contributed by atoms with Gasteiger partial charge in [-0.3, -0.25) is 9.59 Å². The van der Waals surface area contributed by atoms with Gasteiger partial charge in [0.25, 0.3) is 5.91 Å². The fraction of sp³-hybridized carbons (Fsp3) is 0.167. The highest BCUT2D eigenvalue weighted by atomic mass is 16.2. The van der Waals surface area contributed by atoms with Crippen molar-refractivity contribution >= 4 is 5.91 Å². The Morgan fingerprint density at radius 1 is 1.12 bits per heavy atom. The standard InChI is InChI=1S/C18H16N4O2/c23-16-9-14-5-8-22(11-15(14)10-21-16)18(24)13-3-1-12(2-4-13)17-19-6-7-20-17/h1-4,6-7,9-10H,5,8,11H2,(H,19,20)(H,21,23). The molecule has 1 aromatic carbocycles. The summed E-state index contributed by atoms with van der Waals surface area (Å²) in [6.45, 7) is 1.14. The number of amides is 1. The molecule has 120 valence electrons. The molecular weight excluding hydrogens is 304 g/mol. The number of benzene rings is 1. The van der Waals surface area contributed by atoms with Gasteiger partial charge in [-0.2, -0.15) is 0 Å². The zero-order valence-electron chi connectivity index (χ0n) is 13.0. The second-order valence-corrected chi connectivity index (χ2v) is 5.84. The van der Waals surface area contributed by atoms with Gasteiger partial charge in [0, 0.05) is 48.9 Å². The highest BCUT2D eigenvalue weighted by Crippen LogP contribution is 2.20. The van der Waals surface area contributed by atoms with Crippen molar-refractivity contribution in [3.8, 4) is 11.4 Å². The summed E-state index contributed by atoms with van der Waals surface area (Å²) < 4.78 is 0. The molecule has 0 atom stereocenters. The van der Waals surface area contributed by atoms with Gasteiger partial charge in [-0.05, 0) is 29.7 Å². The number of aromatic amines is 2. The van der Waals surface area contributed by atoms with Crippen LogP contribution in [-0.2, 0) is 13.0 Å². The lowest BCUT2D eigenvalue weighted by atomic mass is 10.0. The van der Waals surface area contributed by atoms with Gasteiger partial charge in [0.1, 0.15) is 5.82 Å². The molecule has 6 heteroatoms. The molecule has 3 heterocycles. The van der Waals surface area contributed by atoms with Gasteiger partial charge in [0.15, 0.2) is 0 Å². The van der Waals surface area contributed by atoms with E-state index in [0.717, 1.165) is 22.5 Å². The van der Waals surface area contributed by atoms with E-state index in [1.165, 1.54) is 0 Å². The molecule has 0 saturated carbocycles. The third-order valence-electron chi connectivity index (χ3n) is 4.31. The van der Waals surface area contributed by atoms with E-state index in [-0.39, 0.29) is 11.5 Å². The number of aromatic nitrogens is 3. The predicted octanol–water partition coefficient (Wildman–Crippen LogP) is 1.96. The second-order valence-electron chi connectivity index (χ2n) is 5.84. The van der Waals surface area contributed by atoms with Crippen molar-refractivity contribution in [1.29, 1.82) is 0 Å². The van der Waals surface area contributed by atoms with Crippen molar-refractivity contribution in [2.24, 2.45) is 0 Å². The molecule has 0 unspecified atom stereocenters. The van der Waals surface area contributed by atoms with E-state index < -0.39 is 0 Å². The van der Waals surface area contributed by atoms with E-state index in [1.807, 2.05) is 29.2 Å². The quantitative estimate of drug-likeness (QED) is 0.757. The van der Waals surface area contributed by atoms with Crippen LogP contribution in [0.15, 0.2) is 53.7 Å². The summed E-state index contributed by atoms with van der Waals surface area (Å²) in [4.78, 5) is 35.8. The minimum Gasteiger partial charge on any atom is -0.345 e. The van der Waals surface area contributed by atoms with Gasteiger partial charge in [0.2, 0.25) is 5.56 Å². The SMILES string of the molecule is O=C(c1ccc(-c2ncc[nH]2)cc1)N1CCc2cc(=O)[nH]cc2C1. The summed E-state index contributed by atoms with van der Waals surface area (Å²) in [7, 11) is 0. The maximum absolute atomic E-state index is 12.7. The van der Waals surface area contributed by atoms with Crippen LogP contribution in [0.2, 0.25) is 0 Å². The van der Waals surface area contributed by atoms with Gasteiger partial charge >= 0.3 is 0 Å². The van der Waals surface area contributed by atoms with E-state index in [2.05, 4.69) is 15.0 Å². The summed E-state index contributed by atoms with van der Waals surface area (Å²) in [6, 6.07) is 9.04. The molecule has 1 aliphatic heterocycles. The summed E-state index contributed by atoms with van der Waals surface area (Å²) in [6.07, 6.45) is 5.88. The Hall–Kier alpha value is -3.15. The highest BCUT2D eigenvalue weighted by molar-refractivity contribution is 5.94. The lowest BCUT2D eigenvalue weighted by Crippen LogP contribution is -2.36. The maximum atomic E-state index is 12.7. The first-order chi connectivity index (χ1) is 11.7. The van der Waals surface area contributed by atoms with Gasteiger partial charge in [0.05, 0.1) is 0 Å². The Bertz CT molecular complexity index is 926. The van der Waals surface area contributed by atoms with Crippen molar-refractivity contribution in [3.63, 3.8) is 0 Å². The third kappa shape index (κ3) is 2.62. The molecule has 6 nitrogen and oxygen atoms in total. The van der Waals surface area contributed by atoms with Crippen molar-refractivity contribution in [2.45, 2.75) is 13.0 Å². The van der Waals surface area contributed by atoms with Gasteiger partial charge in [-0.15, -0.1) is 0 Å². The molecule has 2 N–H and O–H groups in total. The molecule has 0 radical (unpaired) electrons. The number of hydrogen-bond acceptors (Lipinski definition) is 3. The monoisotopic (exact) mass is 320 g/mol. The normalized spacial score (nSPS) is 13.6. The molecule has 0 saturated heterocycles. The fourth-order valence-electron chi connectivity index (χ4n) is 3.01. The molecule has 1 aliphatic rings. The number of nitrogens with one attached hydrogen (secondary N) is 2. The van der Waals surface area contributed by atoms with Crippen LogP contribution in [0.1, 0.15) is 21.5 Å². The van der Waals surface area contributed by atoms with E-state index in [0.29, 0.717) is 25.1 Å². The Labute approximate surface area is 138 Å². The number of rotatable bonds is 2. The number of nitrogens with zero attached hydrogens (tertiary/aromatic N) is 2. The van der Waals surface area contributed by atoms with Crippen LogP contribution in [0, 0.1) is 0 Å². The van der Waals surface area contributed by atoms with Crippen molar-refractivity contribution < 1.29 is 4.79 Å². The van der Waals surface area contributed by atoms with Crippen LogP contribution in [0.25, 0.3) is 11.4 Å². The summed E-state index contributed by atoms with van der Waals surface area (Å²) in [5.74, 6) is 0.780. The number of imidazole rings is 1. The number of carbonyl (C=O) groups excluding carboxylic acids is 1. The minimum absolute atomic E-state index is 0.00200. The van der Waals surface area contributed by atoms with Gasteiger partial charge in [-0.1, -0.05) is 12.1 Å². The van der Waals surface area contributed by atoms with Crippen LogP contribution < -0.4 is 5.56 Å². The molecule has 1 amide bonds. The van der Waals surface area contributed by atoms with Crippen LogP contribution in [0.4, 0.5) is 0 Å². The predicted molar refractivity (Wildman–Crippen MR) is 89.5 cm³/mol. The lowest BCUT2D eigenvalue weighted by molar-refractivity contribution is 0.0734. The Morgan fingerprint density at radius 2 is 1.96 bits per heavy atom. The molecular formula is C18H16N4O2. The Kier molecular flexibility index (Phi) is 3.49. The number of carbonyl (C=O) groups is 1. The highest BCUT2D eigenvalue weighted by Gasteiger charge is 2.22. The fourth-order valence-corrected chi connectivity index (χ4v) is 3.01. The van der Waals surface area contributed by atoms with Crippen molar-refractivity contribution in [3.05, 3.63) is 76.0 Å². The van der Waals surface area contributed by atoms with Crippen LogP contribution >= 0.6 is 0 Å². The molecule has 2 aromatic heterocycles. The largest absolute Gasteiger partial charge is 0.345 e. The molecule has 0 aliphatic carbocycles. The average molecular weight is 320 g/mol. The molecule has 3 aromatic rings. The topological polar surface area (TPSA) is 81.8 Å². The summed E-state index contributed by atoms with van der Waals surface area (Å²) in [5, 5.41) is 0. The van der Waals surface area contributed by atoms with Crippen LogP contribution in [-0.4, -0.2) is 32.3 Å². The van der Waals surface area contributed by atoms with Crippen molar-refractivity contribution in [2.75, 3.05) is 6.54 Å². The number of hydrogen-bond donors (Lipinski definition) is 2. The van der Waals surface area contributed by atoms with Crippen molar-refractivity contribution in [1.82, 2.24) is 19.9 Å². The van der Waals surface area contributed by atoms with Gasteiger partial charge < -0.3 is 14.9 Å². The first-order valence-corrected chi connectivity index (χ1v) is 7.80. The number of pyridine rings is 1. The minimum atomic E-state index is -0.0953. The first-order valence-electron chi connectivity index (χ1n) is 7.80. The van der Waals surface area contributed by atoms with E-state index >= 15 is 0 Å². The van der Waals surface area contributed by atoms with E-state index in [9.17, 15) is 9.59 Å². The Balaban J connectivity index is 1.54. The molecule has 0 spiro atoms. The van der Waals surface area contributed by atoms with Crippen LogP contribution in [0.5, 0.6) is 0 Å². The van der Waals surface area contributed by atoms with E-state index in [4.69, 9.17) is 0 Å².